The van der Waals surface area contributed by atoms with Gasteiger partial charge in [-0.05, 0) is 11.6 Å². The molecule has 1 amide bonds. The number of rotatable bonds is 5. The average Bonchev–Trinajstić information content (AvgIpc) is 3.14. The molecule has 0 unspecified atom stereocenters. The van der Waals surface area contributed by atoms with Crippen LogP contribution in [0.5, 0.6) is 0 Å². The fourth-order valence-corrected chi connectivity index (χ4v) is 3.32. The molecule has 31 heavy (non-hydrogen) atoms. The summed E-state index contributed by atoms with van der Waals surface area (Å²) in [6, 6.07) is 19.0. The molecule has 7 heteroatoms. The SMILES string of the molecule is CC(C)(C)c1cc(NC(=O)Cn2ncc3ccccc3c2=O)n(Cc2ccccc2)n1. The van der Waals surface area contributed by atoms with Gasteiger partial charge in [0.15, 0.2) is 0 Å². The van der Waals surface area contributed by atoms with Crippen molar-refractivity contribution in [2.75, 3.05) is 5.32 Å². The van der Waals surface area contributed by atoms with E-state index in [2.05, 4.69) is 31.2 Å². The number of anilines is 1. The zero-order valence-electron chi connectivity index (χ0n) is 17.9. The Balaban J connectivity index is 1.59. The minimum absolute atomic E-state index is 0.168. The Bertz CT molecular complexity index is 1280. The summed E-state index contributed by atoms with van der Waals surface area (Å²) in [5.41, 5.74) is 1.49. The molecule has 2 aromatic heterocycles. The maximum Gasteiger partial charge on any atom is 0.275 e. The number of hydrogen-bond donors (Lipinski definition) is 1. The molecule has 0 aliphatic rings. The quantitative estimate of drug-likeness (QED) is 0.540. The van der Waals surface area contributed by atoms with Crippen LogP contribution in [0.1, 0.15) is 32.0 Å². The number of carbonyl (C=O) groups excluding carboxylic acids is 1. The second-order valence-corrected chi connectivity index (χ2v) is 8.55. The van der Waals surface area contributed by atoms with Gasteiger partial charge in [-0.1, -0.05) is 69.3 Å². The molecule has 158 valence electrons. The predicted molar refractivity (Wildman–Crippen MR) is 121 cm³/mol. The largest absolute Gasteiger partial charge is 0.309 e. The second kappa shape index (κ2) is 8.18. The van der Waals surface area contributed by atoms with Crippen LogP contribution in [-0.2, 0) is 23.3 Å². The summed E-state index contributed by atoms with van der Waals surface area (Å²) in [5, 5.41) is 13.1. The number of fused-ring (bicyclic) bond motifs is 1. The molecule has 0 aliphatic carbocycles. The highest BCUT2D eigenvalue weighted by atomic mass is 16.2. The third-order valence-corrected chi connectivity index (χ3v) is 5.05. The van der Waals surface area contributed by atoms with Gasteiger partial charge in [0.2, 0.25) is 5.91 Å². The van der Waals surface area contributed by atoms with Crippen LogP contribution in [0.25, 0.3) is 10.8 Å². The van der Waals surface area contributed by atoms with E-state index in [0.717, 1.165) is 16.6 Å². The monoisotopic (exact) mass is 415 g/mol. The van der Waals surface area contributed by atoms with E-state index in [9.17, 15) is 9.59 Å². The lowest BCUT2D eigenvalue weighted by molar-refractivity contribution is -0.117. The zero-order valence-corrected chi connectivity index (χ0v) is 17.9. The number of nitrogens with zero attached hydrogens (tertiary/aromatic N) is 4. The Hall–Kier alpha value is -3.74. The third-order valence-electron chi connectivity index (χ3n) is 5.05. The van der Waals surface area contributed by atoms with Crippen molar-refractivity contribution in [3.8, 4) is 0 Å². The summed E-state index contributed by atoms with van der Waals surface area (Å²) in [6.07, 6.45) is 1.60. The summed E-state index contributed by atoms with van der Waals surface area (Å²) >= 11 is 0. The highest BCUT2D eigenvalue weighted by molar-refractivity contribution is 5.90. The molecule has 1 N–H and O–H groups in total. The van der Waals surface area contributed by atoms with Crippen molar-refractivity contribution in [2.24, 2.45) is 0 Å². The maximum atomic E-state index is 12.8. The van der Waals surface area contributed by atoms with E-state index in [4.69, 9.17) is 5.10 Å². The van der Waals surface area contributed by atoms with Gasteiger partial charge in [0.25, 0.3) is 5.56 Å². The van der Waals surface area contributed by atoms with Crippen molar-refractivity contribution < 1.29 is 4.79 Å². The Labute approximate surface area is 180 Å². The fraction of sp³-hybridized carbons (Fsp3) is 0.250. The van der Waals surface area contributed by atoms with Gasteiger partial charge >= 0.3 is 0 Å². The first-order valence-electron chi connectivity index (χ1n) is 10.2. The van der Waals surface area contributed by atoms with Crippen molar-refractivity contribution in [1.82, 2.24) is 19.6 Å². The van der Waals surface area contributed by atoms with Gasteiger partial charge in [-0.3, -0.25) is 9.59 Å². The van der Waals surface area contributed by atoms with Gasteiger partial charge in [-0.15, -0.1) is 0 Å². The second-order valence-electron chi connectivity index (χ2n) is 8.55. The van der Waals surface area contributed by atoms with Gasteiger partial charge in [-0.2, -0.15) is 10.2 Å². The molecule has 0 radical (unpaired) electrons. The Morgan fingerprint density at radius 3 is 2.45 bits per heavy atom. The van der Waals surface area contributed by atoms with Crippen molar-refractivity contribution in [3.05, 3.63) is 88.5 Å². The Kier molecular flexibility index (Phi) is 5.42. The number of nitrogens with one attached hydrogen (secondary N) is 1. The standard InChI is InChI=1S/C24H25N5O2/c1-24(2,3)20-13-21(28(27-20)15-17-9-5-4-6-10-17)26-22(30)16-29-23(31)19-12-8-7-11-18(19)14-25-29/h4-14H,15-16H2,1-3H3,(H,26,30). The van der Waals surface area contributed by atoms with E-state index in [-0.39, 0.29) is 23.4 Å². The summed E-state index contributed by atoms with van der Waals surface area (Å²) in [7, 11) is 0. The third kappa shape index (κ3) is 4.55. The number of carbonyl (C=O) groups is 1. The summed E-state index contributed by atoms with van der Waals surface area (Å²) < 4.78 is 2.96. The average molecular weight is 415 g/mol. The minimum atomic E-state index is -0.334. The van der Waals surface area contributed by atoms with Crippen LogP contribution in [0.4, 0.5) is 5.82 Å². The first kappa shape index (κ1) is 20.5. The maximum absolute atomic E-state index is 12.8. The topological polar surface area (TPSA) is 81.8 Å². The van der Waals surface area contributed by atoms with Crippen LogP contribution in [-0.4, -0.2) is 25.5 Å². The molecule has 0 bridgehead atoms. The molecule has 0 spiro atoms. The normalized spacial score (nSPS) is 11.6. The zero-order chi connectivity index (χ0) is 22.0. The van der Waals surface area contributed by atoms with Crippen molar-refractivity contribution >= 4 is 22.5 Å². The van der Waals surface area contributed by atoms with Crippen LogP contribution in [0.3, 0.4) is 0 Å². The Morgan fingerprint density at radius 2 is 1.71 bits per heavy atom. The predicted octanol–water partition coefficient (Wildman–Crippen LogP) is 3.58. The molecule has 4 rings (SSSR count). The summed E-state index contributed by atoms with van der Waals surface area (Å²) in [5.74, 6) is 0.257. The molecule has 2 heterocycles. The van der Waals surface area contributed by atoms with Crippen LogP contribution in [0, 0.1) is 0 Å². The van der Waals surface area contributed by atoms with Gasteiger partial charge in [0.1, 0.15) is 12.4 Å². The van der Waals surface area contributed by atoms with Crippen LogP contribution >= 0.6 is 0 Å². The number of hydrogen-bond acceptors (Lipinski definition) is 4. The van der Waals surface area contributed by atoms with Crippen LogP contribution < -0.4 is 10.9 Å². The lowest BCUT2D eigenvalue weighted by Crippen LogP contribution is -2.30. The molecule has 0 atom stereocenters. The molecule has 0 aliphatic heterocycles. The van der Waals surface area contributed by atoms with Crippen molar-refractivity contribution in [3.63, 3.8) is 0 Å². The van der Waals surface area contributed by atoms with Crippen molar-refractivity contribution in [1.29, 1.82) is 0 Å². The Morgan fingerprint density at radius 1 is 1.00 bits per heavy atom. The molecule has 2 aromatic carbocycles. The van der Waals surface area contributed by atoms with Crippen molar-refractivity contribution in [2.45, 2.75) is 39.3 Å². The summed E-state index contributed by atoms with van der Waals surface area (Å²) in [6.45, 7) is 6.58. The molecular weight excluding hydrogens is 390 g/mol. The summed E-state index contributed by atoms with van der Waals surface area (Å²) in [4.78, 5) is 25.4. The molecule has 0 saturated carbocycles. The van der Waals surface area contributed by atoms with Crippen LogP contribution in [0.15, 0.2) is 71.7 Å². The fourth-order valence-electron chi connectivity index (χ4n) is 3.32. The lowest BCUT2D eigenvalue weighted by atomic mass is 9.92. The van der Waals surface area contributed by atoms with E-state index in [1.165, 1.54) is 4.68 Å². The first-order chi connectivity index (χ1) is 14.8. The van der Waals surface area contributed by atoms with E-state index in [1.807, 2.05) is 48.5 Å². The number of aromatic nitrogens is 4. The smallest absolute Gasteiger partial charge is 0.275 e. The molecule has 4 aromatic rings. The molecular formula is C24H25N5O2. The van der Waals surface area contributed by atoms with E-state index >= 15 is 0 Å². The van der Waals surface area contributed by atoms with Gasteiger partial charge < -0.3 is 5.32 Å². The highest BCUT2D eigenvalue weighted by Gasteiger charge is 2.21. The van der Waals surface area contributed by atoms with Gasteiger partial charge in [-0.25, -0.2) is 9.36 Å². The highest BCUT2D eigenvalue weighted by Crippen LogP contribution is 2.24. The van der Waals surface area contributed by atoms with Gasteiger partial charge in [0.05, 0.1) is 23.8 Å². The van der Waals surface area contributed by atoms with E-state index in [1.54, 1.807) is 23.0 Å². The van der Waals surface area contributed by atoms with Crippen LogP contribution in [0.2, 0.25) is 0 Å². The first-order valence-corrected chi connectivity index (χ1v) is 10.2. The minimum Gasteiger partial charge on any atom is -0.309 e. The molecule has 0 fully saturated rings. The molecule has 7 nitrogen and oxygen atoms in total. The lowest BCUT2D eigenvalue weighted by Gasteiger charge is -2.14. The van der Waals surface area contributed by atoms with E-state index < -0.39 is 0 Å². The molecule has 0 saturated heterocycles. The van der Waals surface area contributed by atoms with Gasteiger partial charge in [0, 0.05) is 16.9 Å². The number of benzene rings is 2. The number of amides is 1. The van der Waals surface area contributed by atoms with E-state index in [0.29, 0.717) is 17.7 Å².